The Kier molecular flexibility index (Phi) is 5.95. The van der Waals surface area contributed by atoms with E-state index in [1.165, 1.54) is 0 Å². The van der Waals surface area contributed by atoms with Crippen LogP contribution in [0.2, 0.25) is 5.02 Å². The van der Waals surface area contributed by atoms with Crippen molar-refractivity contribution in [3.8, 4) is 0 Å². The third kappa shape index (κ3) is 3.84. The smallest absolute Gasteiger partial charge is 0.0407 e. The Morgan fingerprint density at radius 2 is 1.83 bits per heavy atom. The molecule has 0 radical (unpaired) electrons. The summed E-state index contributed by atoms with van der Waals surface area (Å²) in [6.07, 6.45) is 1.14. The SMILES string of the molecule is CCCNc1ccc(Cl)cc1.Cl. The van der Waals surface area contributed by atoms with Crippen LogP contribution in [0.1, 0.15) is 13.3 Å². The second-order valence-electron chi connectivity index (χ2n) is 2.43. The van der Waals surface area contributed by atoms with Crippen molar-refractivity contribution in [3.05, 3.63) is 29.3 Å². The minimum Gasteiger partial charge on any atom is -0.385 e. The van der Waals surface area contributed by atoms with Crippen LogP contribution in [-0.2, 0) is 0 Å². The van der Waals surface area contributed by atoms with Gasteiger partial charge < -0.3 is 5.32 Å². The molecule has 0 fully saturated rings. The van der Waals surface area contributed by atoms with Crippen LogP contribution in [0.15, 0.2) is 24.3 Å². The maximum absolute atomic E-state index is 5.72. The highest BCUT2D eigenvalue weighted by atomic mass is 35.5. The molecule has 0 aromatic heterocycles. The van der Waals surface area contributed by atoms with Gasteiger partial charge in [0, 0.05) is 17.3 Å². The van der Waals surface area contributed by atoms with E-state index in [9.17, 15) is 0 Å². The second kappa shape index (κ2) is 6.15. The molecule has 0 aliphatic carbocycles. The Balaban J connectivity index is 0.00000121. The van der Waals surface area contributed by atoms with Crippen molar-refractivity contribution < 1.29 is 0 Å². The van der Waals surface area contributed by atoms with Gasteiger partial charge in [-0.3, -0.25) is 0 Å². The van der Waals surface area contributed by atoms with Gasteiger partial charge in [-0.15, -0.1) is 12.4 Å². The van der Waals surface area contributed by atoms with E-state index in [1.54, 1.807) is 0 Å². The molecular formula is C9H13Cl2N. The van der Waals surface area contributed by atoms with Gasteiger partial charge in [0.05, 0.1) is 0 Å². The number of halogens is 2. The van der Waals surface area contributed by atoms with Gasteiger partial charge in [-0.25, -0.2) is 0 Å². The van der Waals surface area contributed by atoms with Gasteiger partial charge in [-0.2, -0.15) is 0 Å². The number of benzene rings is 1. The molecule has 0 saturated heterocycles. The number of hydrogen-bond donors (Lipinski definition) is 1. The Hall–Kier alpha value is -0.400. The maximum Gasteiger partial charge on any atom is 0.0407 e. The van der Waals surface area contributed by atoms with E-state index in [2.05, 4.69) is 12.2 Å². The van der Waals surface area contributed by atoms with Crippen LogP contribution >= 0.6 is 24.0 Å². The Bertz CT molecular complexity index is 208. The van der Waals surface area contributed by atoms with Crippen LogP contribution in [-0.4, -0.2) is 6.54 Å². The van der Waals surface area contributed by atoms with Gasteiger partial charge in [0.1, 0.15) is 0 Å². The first-order valence-corrected chi connectivity index (χ1v) is 4.20. The predicted molar refractivity (Wildman–Crippen MR) is 57.5 cm³/mol. The molecule has 1 aromatic carbocycles. The van der Waals surface area contributed by atoms with Crippen LogP contribution in [0.5, 0.6) is 0 Å². The Morgan fingerprint density at radius 3 is 2.33 bits per heavy atom. The molecule has 0 unspecified atom stereocenters. The molecule has 1 nitrogen and oxygen atoms in total. The molecule has 0 amide bonds. The highest BCUT2D eigenvalue weighted by Gasteiger charge is 1.88. The Labute approximate surface area is 84.5 Å². The van der Waals surface area contributed by atoms with Crippen molar-refractivity contribution in [2.24, 2.45) is 0 Å². The van der Waals surface area contributed by atoms with E-state index in [0.29, 0.717) is 0 Å². The van der Waals surface area contributed by atoms with Crippen LogP contribution in [0, 0.1) is 0 Å². The zero-order valence-corrected chi connectivity index (χ0v) is 8.58. The van der Waals surface area contributed by atoms with Gasteiger partial charge in [0.25, 0.3) is 0 Å². The van der Waals surface area contributed by atoms with Gasteiger partial charge in [0.15, 0.2) is 0 Å². The molecule has 0 bridgehead atoms. The first-order chi connectivity index (χ1) is 5.33. The van der Waals surface area contributed by atoms with Crippen LogP contribution < -0.4 is 5.32 Å². The second-order valence-corrected chi connectivity index (χ2v) is 2.87. The standard InChI is InChI=1S/C9H12ClN.ClH/c1-2-7-11-9-5-3-8(10)4-6-9;/h3-6,11H,2,7H2,1H3;1H. The molecular weight excluding hydrogens is 193 g/mol. The molecule has 1 aromatic rings. The molecule has 0 heterocycles. The summed E-state index contributed by atoms with van der Waals surface area (Å²) < 4.78 is 0. The van der Waals surface area contributed by atoms with Crippen LogP contribution in [0.4, 0.5) is 5.69 Å². The summed E-state index contributed by atoms with van der Waals surface area (Å²) in [4.78, 5) is 0. The summed E-state index contributed by atoms with van der Waals surface area (Å²) in [6.45, 7) is 3.16. The van der Waals surface area contributed by atoms with E-state index in [0.717, 1.165) is 23.7 Å². The van der Waals surface area contributed by atoms with E-state index in [1.807, 2.05) is 24.3 Å². The number of nitrogens with one attached hydrogen (secondary N) is 1. The Morgan fingerprint density at radius 1 is 1.25 bits per heavy atom. The van der Waals surface area contributed by atoms with Crippen molar-refractivity contribution >= 4 is 29.7 Å². The monoisotopic (exact) mass is 205 g/mol. The van der Waals surface area contributed by atoms with E-state index in [-0.39, 0.29) is 12.4 Å². The molecule has 3 heteroatoms. The first kappa shape index (κ1) is 11.6. The average molecular weight is 206 g/mol. The molecule has 68 valence electrons. The normalized spacial score (nSPS) is 8.83. The average Bonchev–Trinajstić information content (AvgIpc) is 2.04. The minimum atomic E-state index is 0. The molecule has 1 rings (SSSR count). The molecule has 0 saturated carbocycles. The van der Waals surface area contributed by atoms with Crippen molar-refractivity contribution in [1.29, 1.82) is 0 Å². The van der Waals surface area contributed by atoms with E-state index in [4.69, 9.17) is 11.6 Å². The lowest BCUT2D eigenvalue weighted by molar-refractivity contribution is 0.980. The quantitative estimate of drug-likeness (QED) is 0.796. The van der Waals surface area contributed by atoms with Crippen LogP contribution in [0.3, 0.4) is 0 Å². The molecule has 0 spiro atoms. The van der Waals surface area contributed by atoms with Crippen molar-refractivity contribution in [2.75, 3.05) is 11.9 Å². The lowest BCUT2D eigenvalue weighted by Gasteiger charge is -2.02. The fourth-order valence-electron chi connectivity index (χ4n) is 0.837. The zero-order chi connectivity index (χ0) is 8.10. The number of hydrogen-bond acceptors (Lipinski definition) is 1. The summed E-state index contributed by atoms with van der Waals surface area (Å²) in [6, 6.07) is 7.75. The lowest BCUT2D eigenvalue weighted by atomic mass is 10.3. The van der Waals surface area contributed by atoms with Gasteiger partial charge in [0.2, 0.25) is 0 Å². The largest absolute Gasteiger partial charge is 0.385 e. The molecule has 0 atom stereocenters. The minimum absolute atomic E-state index is 0. The third-order valence-electron chi connectivity index (χ3n) is 1.42. The van der Waals surface area contributed by atoms with Crippen molar-refractivity contribution in [2.45, 2.75) is 13.3 Å². The molecule has 0 aliphatic rings. The van der Waals surface area contributed by atoms with E-state index >= 15 is 0 Å². The topological polar surface area (TPSA) is 12.0 Å². The lowest BCUT2D eigenvalue weighted by Crippen LogP contribution is -1.98. The number of rotatable bonds is 3. The first-order valence-electron chi connectivity index (χ1n) is 3.82. The van der Waals surface area contributed by atoms with Crippen molar-refractivity contribution in [1.82, 2.24) is 0 Å². The zero-order valence-electron chi connectivity index (χ0n) is 7.01. The highest BCUT2D eigenvalue weighted by Crippen LogP contribution is 2.12. The molecule has 0 aliphatic heterocycles. The van der Waals surface area contributed by atoms with Gasteiger partial charge in [-0.1, -0.05) is 18.5 Å². The highest BCUT2D eigenvalue weighted by molar-refractivity contribution is 6.30. The van der Waals surface area contributed by atoms with E-state index < -0.39 is 0 Å². The summed E-state index contributed by atoms with van der Waals surface area (Å²) in [5, 5.41) is 4.05. The molecule has 1 N–H and O–H groups in total. The van der Waals surface area contributed by atoms with Crippen LogP contribution in [0.25, 0.3) is 0 Å². The summed E-state index contributed by atoms with van der Waals surface area (Å²) in [7, 11) is 0. The number of anilines is 1. The van der Waals surface area contributed by atoms with Gasteiger partial charge in [-0.05, 0) is 30.7 Å². The van der Waals surface area contributed by atoms with Crippen molar-refractivity contribution in [3.63, 3.8) is 0 Å². The summed E-state index contributed by atoms with van der Waals surface area (Å²) >= 11 is 5.72. The molecule has 12 heavy (non-hydrogen) atoms. The summed E-state index contributed by atoms with van der Waals surface area (Å²) in [5.74, 6) is 0. The fraction of sp³-hybridized carbons (Fsp3) is 0.333. The summed E-state index contributed by atoms with van der Waals surface area (Å²) in [5.41, 5.74) is 1.14. The third-order valence-corrected chi connectivity index (χ3v) is 1.68. The maximum atomic E-state index is 5.72. The fourth-order valence-corrected chi connectivity index (χ4v) is 0.963. The van der Waals surface area contributed by atoms with Gasteiger partial charge >= 0.3 is 0 Å². The predicted octanol–water partition coefficient (Wildman–Crippen LogP) is 3.58.